The van der Waals surface area contributed by atoms with E-state index in [9.17, 15) is 19.2 Å². The number of azide groups is 1. The summed E-state index contributed by atoms with van der Waals surface area (Å²) in [5, 5.41) is 12.2. The lowest BCUT2D eigenvalue weighted by atomic mass is 9.90. The van der Waals surface area contributed by atoms with Crippen molar-refractivity contribution in [1.29, 1.82) is 0 Å². The maximum Gasteiger partial charge on any atom is 0.328 e. The normalized spacial score (nSPS) is 16.4. The molecule has 0 spiro atoms. The fourth-order valence-electron chi connectivity index (χ4n) is 8.90. The van der Waals surface area contributed by atoms with E-state index in [0.29, 0.717) is 13.0 Å². The Labute approximate surface area is 421 Å². The molecule has 0 radical (unpaired) electrons. The Hall–Kier alpha value is -8.79. The minimum Gasteiger partial charge on any atom is -0.467 e. The SMILES string of the molecule is C.C.C#Cc1ccccc1.COC(=O)[C@@H]1C[C@H](N=[N+]=[N-])CN1C(=O)C(c1ccccc1)c1ccccc1.COC(=O)[C@@H]1C[C@H](n2nncc2-c2ccccc2)CN1C(=O)C(c1ccccc1)c1ccccc1. The Kier molecular flexibility index (Phi) is 20.2. The van der Waals surface area contributed by atoms with Crippen LogP contribution in [0.3, 0.4) is 0 Å². The number of ether oxygens (including phenoxy) is 2. The smallest absolute Gasteiger partial charge is 0.328 e. The quantitative estimate of drug-likeness (QED) is 0.0405. The molecule has 2 aliphatic rings. The zero-order chi connectivity index (χ0) is 49.2. The molecule has 0 aliphatic carbocycles. The summed E-state index contributed by atoms with van der Waals surface area (Å²) in [7, 11) is 2.65. The van der Waals surface area contributed by atoms with Crippen LogP contribution in [0.5, 0.6) is 0 Å². The van der Waals surface area contributed by atoms with E-state index < -0.39 is 41.9 Å². The number of hydrogen-bond acceptors (Lipinski definition) is 9. The van der Waals surface area contributed by atoms with E-state index in [4.69, 9.17) is 21.4 Å². The van der Waals surface area contributed by atoms with Crippen LogP contribution < -0.4 is 0 Å². The second kappa shape index (κ2) is 26.8. The molecule has 72 heavy (non-hydrogen) atoms. The topological polar surface area (TPSA) is 173 Å². The maximum absolute atomic E-state index is 14.1. The van der Waals surface area contributed by atoms with Crippen LogP contribution in [0.2, 0.25) is 0 Å². The summed E-state index contributed by atoms with van der Waals surface area (Å²) in [5.41, 5.74) is 14.9. The van der Waals surface area contributed by atoms with E-state index in [2.05, 4.69) is 26.3 Å². The number of carbonyl (C=O) groups is 4. The van der Waals surface area contributed by atoms with Crippen molar-refractivity contribution in [3.05, 3.63) is 226 Å². The Morgan fingerprint density at radius 3 is 1.39 bits per heavy atom. The van der Waals surface area contributed by atoms with Crippen molar-refractivity contribution in [1.82, 2.24) is 24.8 Å². The summed E-state index contributed by atoms with van der Waals surface area (Å²) in [6.45, 7) is 0.525. The molecule has 0 unspecified atom stereocenters. The van der Waals surface area contributed by atoms with Gasteiger partial charge in [0.25, 0.3) is 0 Å². The van der Waals surface area contributed by atoms with Crippen molar-refractivity contribution in [2.24, 2.45) is 5.11 Å². The molecule has 9 rings (SSSR count). The van der Waals surface area contributed by atoms with E-state index in [1.807, 2.05) is 187 Å². The van der Waals surface area contributed by atoms with Crippen LogP contribution in [0.1, 0.15) is 73.4 Å². The average molecular weight is 965 g/mol. The third-order valence-electron chi connectivity index (χ3n) is 12.2. The lowest BCUT2D eigenvalue weighted by Gasteiger charge is -2.28. The number of nitrogens with zero attached hydrogens (tertiary/aromatic N) is 8. The number of carbonyl (C=O) groups excluding carboxylic acids is 4. The van der Waals surface area contributed by atoms with Gasteiger partial charge in [-0.25, -0.2) is 14.3 Å². The highest BCUT2D eigenvalue weighted by Crippen LogP contribution is 2.36. The molecule has 0 N–H and O–H groups in total. The number of methoxy groups -OCH3 is 2. The van der Waals surface area contributed by atoms with Gasteiger partial charge in [0.05, 0.1) is 50.0 Å². The largest absolute Gasteiger partial charge is 0.467 e. The van der Waals surface area contributed by atoms with Crippen LogP contribution in [0, 0.1) is 12.3 Å². The molecule has 7 aromatic rings. The molecule has 2 saturated heterocycles. The van der Waals surface area contributed by atoms with Gasteiger partial charge in [0.2, 0.25) is 11.8 Å². The van der Waals surface area contributed by atoms with Gasteiger partial charge in [0.1, 0.15) is 12.1 Å². The van der Waals surface area contributed by atoms with Crippen molar-refractivity contribution in [3.8, 4) is 23.6 Å². The first-order valence-corrected chi connectivity index (χ1v) is 22.7. The summed E-state index contributed by atoms with van der Waals surface area (Å²) in [5.74, 6) is 0.164. The van der Waals surface area contributed by atoms with Gasteiger partial charge in [0.15, 0.2) is 0 Å². The van der Waals surface area contributed by atoms with Crippen LogP contribution in [0.25, 0.3) is 21.7 Å². The number of esters is 2. The van der Waals surface area contributed by atoms with Gasteiger partial charge in [-0.1, -0.05) is 201 Å². The first kappa shape index (κ1) is 54.2. The third kappa shape index (κ3) is 13.1. The summed E-state index contributed by atoms with van der Waals surface area (Å²) >= 11 is 0. The van der Waals surface area contributed by atoms with E-state index in [1.165, 1.54) is 19.1 Å². The van der Waals surface area contributed by atoms with Crippen molar-refractivity contribution in [3.63, 3.8) is 0 Å². The second-order valence-corrected chi connectivity index (χ2v) is 16.5. The first-order valence-electron chi connectivity index (χ1n) is 22.7. The van der Waals surface area contributed by atoms with Crippen LogP contribution in [0.15, 0.2) is 193 Å². The van der Waals surface area contributed by atoms with Gasteiger partial charge in [-0.2, -0.15) is 0 Å². The van der Waals surface area contributed by atoms with Gasteiger partial charge in [-0.05, 0) is 46.3 Å². The van der Waals surface area contributed by atoms with Gasteiger partial charge >= 0.3 is 11.9 Å². The summed E-state index contributed by atoms with van der Waals surface area (Å²) < 4.78 is 11.8. The highest BCUT2D eigenvalue weighted by molar-refractivity contribution is 5.92. The number of likely N-dealkylation sites (tertiary alicyclic amines) is 2. The summed E-state index contributed by atoms with van der Waals surface area (Å²) in [6, 6.07) is 55.5. The number of hydrogen-bond donors (Lipinski definition) is 0. The Morgan fingerprint density at radius 1 is 0.611 bits per heavy atom. The van der Waals surface area contributed by atoms with E-state index in [0.717, 1.165) is 39.1 Å². The van der Waals surface area contributed by atoms with Crippen molar-refractivity contribution < 1.29 is 28.7 Å². The molecule has 3 heterocycles. The van der Waals surface area contributed by atoms with E-state index >= 15 is 0 Å². The predicted molar refractivity (Wildman–Crippen MR) is 279 cm³/mol. The maximum atomic E-state index is 14.1. The average Bonchev–Trinajstić information content (AvgIpc) is 4.21. The number of amides is 2. The highest BCUT2D eigenvalue weighted by atomic mass is 16.5. The monoisotopic (exact) mass is 964 g/mol. The van der Waals surface area contributed by atoms with Gasteiger partial charge in [-0.3, -0.25) is 9.59 Å². The molecule has 2 amide bonds. The second-order valence-electron chi connectivity index (χ2n) is 16.5. The van der Waals surface area contributed by atoms with Crippen LogP contribution in [-0.2, 0) is 28.7 Å². The van der Waals surface area contributed by atoms with Crippen LogP contribution in [-0.4, -0.2) is 94.0 Å². The molecule has 1 aromatic heterocycles. The molecule has 14 nitrogen and oxygen atoms in total. The first-order chi connectivity index (χ1) is 34.3. The zero-order valence-corrected chi connectivity index (χ0v) is 38.8. The molecular weight excluding hydrogens is 905 g/mol. The molecule has 6 aromatic carbocycles. The van der Waals surface area contributed by atoms with Crippen LogP contribution >= 0.6 is 0 Å². The van der Waals surface area contributed by atoms with E-state index in [-0.39, 0.29) is 45.7 Å². The molecule has 368 valence electrons. The number of benzene rings is 6. The van der Waals surface area contributed by atoms with E-state index in [1.54, 1.807) is 11.1 Å². The summed E-state index contributed by atoms with van der Waals surface area (Å²) in [6.07, 6.45) is 7.48. The van der Waals surface area contributed by atoms with Crippen molar-refractivity contribution >= 4 is 23.8 Å². The molecule has 14 heteroatoms. The van der Waals surface area contributed by atoms with Gasteiger partial charge < -0.3 is 19.3 Å². The molecule has 2 fully saturated rings. The Morgan fingerprint density at radius 2 is 1.00 bits per heavy atom. The number of aromatic nitrogens is 3. The van der Waals surface area contributed by atoms with Crippen LogP contribution in [0.4, 0.5) is 0 Å². The van der Waals surface area contributed by atoms with Crippen molar-refractivity contribution in [2.75, 3.05) is 27.3 Å². The van der Waals surface area contributed by atoms with Gasteiger partial charge in [0, 0.05) is 35.5 Å². The molecule has 2 aliphatic heterocycles. The van der Waals surface area contributed by atoms with Crippen molar-refractivity contribution in [2.45, 2.75) is 63.7 Å². The number of rotatable bonds is 11. The predicted octanol–water partition coefficient (Wildman–Crippen LogP) is 10.3. The molecular formula is C58H60N8O6. The minimum atomic E-state index is -0.757. The fourth-order valence-corrected chi connectivity index (χ4v) is 8.90. The zero-order valence-electron chi connectivity index (χ0n) is 38.8. The molecule has 4 atom stereocenters. The fraction of sp³-hybridized carbons (Fsp3) is 0.241. The highest BCUT2D eigenvalue weighted by Gasteiger charge is 2.45. The lowest BCUT2D eigenvalue weighted by Crippen LogP contribution is -2.43. The third-order valence-corrected chi connectivity index (χ3v) is 12.2. The summed E-state index contributed by atoms with van der Waals surface area (Å²) in [4.78, 5) is 58.6. The van der Waals surface area contributed by atoms with Gasteiger partial charge in [-0.15, -0.1) is 11.5 Å². The minimum absolute atomic E-state index is 0. The Balaban J connectivity index is 0.000000231. The standard InChI is InChI=1S/C28H26N4O3.C20H20N4O3.C8H6.2CH4/c1-35-28(34)24-17-23(32-25(18-29-30-32)20-11-5-2-6-12-20)19-31(24)27(33)26(21-13-7-3-8-14-21)22-15-9-4-10-16-22;1-27-20(26)17-12-16(22-23-21)13-24(17)19(25)18(14-8-4-2-5-9-14)15-10-6-3-7-11-15;1-2-8-6-4-3-5-7-8;;/h2-16,18,23-24,26H,17,19H2,1H3;2-11,16-18H,12-13H2,1H3;1,3-7H;2*1H4/t23-,24-;16-,17-;;;/m00.../s1. The molecule has 0 saturated carbocycles. The lowest BCUT2D eigenvalue weighted by molar-refractivity contribution is -0.151. The molecule has 0 bridgehead atoms. The Bertz CT molecular complexity index is 2820. The number of terminal acetylenes is 1.